The van der Waals surface area contributed by atoms with E-state index >= 15 is 0 Å². The number of carbonyl (C=O) groups is 1. The van der Waals surface area contributed by atoms with Crippen molar-refractivity contribution in [1.82, 2.24) is 9.88 Å². The van der Waals surface area contributed by atoms with Gasteiger partial charge in [0.25, 0.3) is 5.91 Å². The third-order valence-corrected chi connectivity index (χ3v) is 4.98. The summed E-state index contributed by atoms with van der Waals surface area (Å²) >= 11 is 0. The molecular formula is C16H22N2O4. The third-order valence-electron chi connectivity index (χ3n) is 4.98. The van der Waals surface area contributed by atoms with Gasteiger partial charge in [-0.1, -0.05) is 0 Å². The van der Waals surface area contributed by atoms with Gasteiger partial charge in [-0.15, -0.1) is 0 Å². The Morgan fingerprint density at radius 1 is 1.55 bits per heavy atom. The topological polar surface area (TPSA) is 64.8 Å². The molecule has 3 heterocycles. The summed E-state index contributed by atoms with van der Waals surface area (Å²) in [5.41, 5.74) is 0.418. The average molecular weight is 306 g/mol. The minimum Gasteiger partial charge on any atom is -0.438 e. The predicted octanol–water partition coefficient (Wildman–Crippen LogP) is 1.78. The molecule has 120 valence electrons. The lowest BCUT2D eigenvalue weighted by Gasteiger charge is -2.23. The van der Waals surface area contributed by atoms with Crippen LogP contribution in [0.3, 0.4) is 0 Å². The monoisotopic (exact) mass is 306 g/mol. The van der Waals surface area contributed by atoms with E-state index < -0.39 is 0 Å². The van der Waals surface area contributed by atoms with Gasteiger partial charge in [0, 0.05) is 19.6 Å². The Labute approximate surface area is 129 Å². The smallest absolute Gasteiger partial charge is 0.291 e. The zero-order valence-corrected chi connectivity index (χ0v) is 12.9. The predicted molar refractivity (Wildman–Crippen MR) is 77.5 cm³/mol. The van der Waals surface area contributed by atoms with Crippen molar-refractivity contribution in [2.45, 2.75) is 44.3 Å². The highest BCUT2D eigenvalue weighted by Gasteiger charge is 2.47. The molecular weight excluding hydrogens is 284 g/mol. The number of rotatable bonds is 4. The summed E-state index contributed by atoms with van der Waals surface area (Å²) in [6.07, 6.45) is 5.87. The van der Waals surface area contributed by atoms with Crippen LogP contribution in [0.15, 0.2) is 10.8 Å². The number of carbonyl (C=O) groups excluding carboxylic acids is 1. The first-order valence-electron chi connectivity index (χ1n) is 8.10. The van der Waals surface area contributed by atoms with Crippen molar-refractivity contribution in [2.75, 3.05) is 26.3 Å². The van der Waals surface area contributed by atoms with E-state index in [0.717, 1.165) is 25.4 Å². The van der Waals surface area contributed by atoms with Crippen LogP contribution in [0.25, 0.3) is 0 Å². The molecule has 1 aliphatic carbocycles. The van der Waals surface area contributed by atoms with E-state index in [4.69, 9.17) is 13.9 Å². The van der Waals surface area contributed by atoms with Crippen LogP contribution in [-0.4, -0.2) is 53.8 Å². The second-order valence-corrected chi connectivity index (χ2v) is 6.84. The van der Waals surface area contributed by atoms with E-state index in [2.05, 4.69) is 4.98 Å². The fourth-order valence-corrected chi connectivity index (χ4v) is 3.42. The number of amides is 1. The molecule has 2 saturated heterocycles. The summed E-state index contributed by atoms with van der Waals surface area (Å²) < 4.78 is 17.2. The summed E-state index contributed by atoms with van der Waals surface area (Å²) in [5.74, 6) is 1.03. The fraction of sp³-hybridized carbons (Fsp3) is 0.750. The average Bonchev–Trinajstić information content (AvgIpc) is 2.93. The summed E-state index contributed by atoms with van der Waals surface area (Å²) in [7, 11) is 0. The molecule has 1 saturated carbocycles. The first-order chi connectivity index (χ1) is 10.7. The lowest BCUT2D eigenvalue weighted by Crippen LogP contribution is -2.36. The van der Waals surface area contributed by atoms with Crippen molar-refractivity contribution in [2.24, 2.45) is 5.92 Å². The molecule has 6 heteroatoms. The van der Waals surface area contributed by atoms with Gasteiger partial charge in [0.15, 0.2) is 6.39 Å². The van der Waals surface area contributed by atoms with E-state index in [1.165, 1.54) is 19.2 Å². The van der Waals surface area contributed by atoms with Gasteiger partial charge in [0.05, 0.1) is 30.6 Å². The van der Waals surface area contributed by atoms with E-state index in [0.29, 0.717) is 31.2 Å². The molecule has 0 unspecified atom stereocenters. The van der Waals surface area contributed by atoms with Crippen LogP contribution in [0.5, 0.6) is 0 Å². The zero-order chi connectivity index (χ0) is 15.2. The van der Waals surface area contributed by atoms with Gasteiger partial charge >= 0.3 is 0 Å². The van der Waals surface area contributed by atoms with E-state index in [1.807, 2.05) is 4.90 Å². The Kier molecular flexibility index (Phi) is 3.46. The summed E-state index contributed by atoms with van der Waals surface area (Å²) in [6, 6.07) is 0. The molecule has 22 heavy (non-hydrogen) atoms. The highest BCUT2D eigenvalue weighted by atomic mass is 16.6. The molecule has 0 N–H and O–H groups in total. The quantitative estimate of drug-likeness (QED) is 0.848. The van der Waals surface area contributed by atoms with Crippen molar-refractivity contribution in [3.8, 4) is 0 Å². The number of nitrogens with zero attached hydrogens (tertiary/aromatic N) is 2. The second kappa shape index (κ2) is 5.35. The molecule has 0 aromatic carbocycles. The van der Waals surface area contributed by atoms with Crippen LogP contribution in [0.2, 0.25) is 0 Å². The molecule has 1 aromatic heterocycles. The van der Waals surface area contributed by atoms with E-state index in [-0.39, 0.29) is 17.6 Å². The molecule has 2 aliphatic heterocycles. The van der Waals surface area contributed by atoms with Gasteiger partial charge in [-0.25, -0.2) is 4.98 Å². The normalized spacial score (nSPS) is 31.3. The maximum Gasteiger partial charge on any atom is 0.291 e. The van der Waals surface area contributed by atoms with Crippen molar-refractivity contribution in [3.05, 3.63) is 17.8 Å². The molecule has 0 bridgehead atoms. The van der Waals surface area contributed by atoms with Gasteiger partial charge in [0.2, 0.25) is 5.76 Å². The number of ether oxygens (including phenoxy) is 2. The summed E-state index contributed by atoms with van der Waals surface area (Å²) in [4.78, 5) is 18.3. The minimum atomic E-state index is -0.224. The highest BCUT2D eigenvalue weighted by Crippen LogP contribution is 2.38. The van der Waals surface area contributed by atoms with Crippen molar-refractivity contribution < 1.29 is 18.7 Å². The van der Waals surface area contributed by atoms with Crippen LogP contribution in [0.1, 0.15) is 41.9 Å². The summed E-state index contributed by atoms with van der Waals surface area (Å²) in [5, 5.41) is 0. The highest BCUT2D eigenvalue weighted by molar-refractivity contribution is 5.92. The first kappa shape index (κ1) is 14.2. The van der Waals surface area contributed by atoms with Gasteiger partial charge in [-0.3, -0.25) is 4.79 Å². The van der Waals surface area contributed by atoms with Crippen LogP contribution in [0.4, 0.5) is 0 Å². The molecule has 1 aromatic rings. The molecule has 1 amide bonds. The van der Waals surface area contributed by atoms with Gasteiger partial charge in [-0.05, 0) is 32.1 Å². The van der Waals surface area contributed by atoms with Crippen molar-refractivity contribution in [3.63, 3.8) is 0 Å². The lowest BCUT2D eigenvalue weighted by atomic mass is 9.98. The Balaban J connectivity index is 1.35. The molecule has 3 fully saturated rings. The number of oxazole rings is 1. The number of hydrogen-bond donors (Lipinski definition) is 0. The Morgan fingerprint density at radius 2 is 2.41 bits per heavy atom. The van der Waals surface area contributed by atoms with Crippen LogP contribution < -0.4 is 0 Å². The van der Waals surface area contributed by atoms with E-state index in [1.54, 1.807) is 6.92 Å². The molecule has 4 rings (SSSR count). The van der Waals surface area contributed by atoms with Crippen LogP contribution >= 0.6 is 0 Å². The number of likely N-dealkylation sites (tertiary alicyclic amines) is 1. The SMILES string of the molecule is Cc1ncoc1C(=O)N1CC[C@]2(C[C@@H](OCC3CC3)CO2)C1. The second-order valence-electron chi connectivity index (χ2n) is 6.84. The lowest BCUT2D eigenvalue weighted by molar-refractivity contribution is 0.00138. The maximum atomic E-state index is 12.5. The minimum absolute atomic E-state index is 0.0853. The largest absolute Gasteiger partial charge is 0.438 e. The van der Waals surface area contributed by atoms with Crippen LogP contribution in [-0.2, 0) is 9.47 Å². The zero-order valence-electron chi connectivity index (χ0n) is 12.9. The summed E-state index contributed by atoms with van der Waals surface area (Å²) in [6.45, 7) is 4.63. The van der Waals surface area contributed by atoms with Crippen molar-refractivity contribution >= 4 is 5.91 Å². The Hall–Kier alpha value is -1.40. The van der Waals surface area contributed by atoms with Crippen molar-refractivity contribution in [1.29, 1.82) is 0 Å². The number of aromatic nitrogens is 1. The fourth-order valence-electron chi connectivity index (χ4n) is 3.42. The molecule has 2 atom stereocenters. The van der Waals surface area contributed by atoms with E-state index in [9.17, 15) is 4.79 Å². The van der Waals surface area contributed by atoms with Gasteiger partial charge in [-0.2, -0.15) is 0 Å². The molecule has 6 nitrogen and oxygen atoms in total. The Bertz CT molecular complexity index is 568. The Morgan fingerprint density at radius 3 is 3.14 bits per heavy atom. The number of aryl methyl sites for hydroxylation is 1. The molecule has 0 radical (unpaired) electrons. The van der Waals surface area contributed by atoms with Gasteiger partial charge < -0.3 is 18.8 Å². The third kappa shape index (κ3) is 2.65. The first-order valence-corrected chi connectivity index (χ1v) is 8.10. The standard InChI is InChI=1S/C16H22N2O4/c1-11-14(21-10-17-11)15(19)18-5-4-16(9-18)6-13(8-22-16)20-7-12-2-3-12/h10,12-13H,2-9H2,1H3/t13-,16+/m1/s1. The maximum absolute atomic E-state index is 12.5. The van der Waals surface area contributed by atoms with Gasteiger partial charge in [0.1, 0.15) is 0 Å². The van der Waals surface area contributed by atoms with Crippen LogP contribution in [0, 0.1) is 12.8 Å². The number of hydrogen-bond acceptors (Lipinski definition) is 5. The molecule has 3 aliphatic rings. The molecule has 1 spiro atoms.